The van der Waals surface area contributed by atoms with Crippen LogP contribution in [0.5, 0.6) is 0 Å². The Labute approximate surface area is 228 Å². The average Bonchev–Trinajstić information content (AvgIpc) is 3.38. The molecule has 1 saturated heterocycles. The maximum absolute atomic E-state index is 15.7. The van der Waals surface area contributed by atoms with Crippen molar-refractivity contribution in [2.75, 3.05) is 34.8 Å². The zero-order chi connectivity index (χ0) is 28.2. The van der Waals surface area contributed by atoms with Crippen LogP contribution in [0.3, 0.4) is 0 Å². The minimum atomic E-state index is -3.26. The van der Waals surface area contributed by atoms with E-state index < -0.39 is 29.5 Å². The van der Waals surface area contributed by atoms with Crippen molar-refractivity contribution >= 4 is 29.0 Å². The summed E-state index contributed by atoms with van der Waals surface area (Å²) in [6, 6.07) is 14.2. The van der Waals surface area contributed by atoms with Crippen molar-refractivity contribution < 1.29 is 22.8 Å². The van der Waals surface area contributed by atoms with E-state index in [2.05, 4.69) is 15.3 Å². The molecule has 2 aliphatic rings. The summed E-state index contributed by atoms with van der Waals surface area (Å²) in [4.78, 5) is 37.5. The van der Waals surface area contributed by atoms with Crippen LogP contribution in [0.15, 0.2) is 67.0 Å². The smallest absolute Gasteiger partial charge is 0.298 e. The van der Waals surface area contributed by atoms with Crippen molar-refractivity contribution in [3.8, 4) is 11.1 Å². The Morgan fingerprint density at radius 3 is 2.48 bits per heavy atom. The zero-order valence-electron chi connectivity index (χ0n) is 21.7. The predicted molar refractivity (Wildman–Crippen MR) is 144 cm³/mol. The van der Waals surface area contributed by atoms with Crippen LogP contribution < -0.4 is 15.1 Å². The van der Waals surface area contributed by atoms with E-state index in [-0.39, 0.29) is 36.0 Å². The predicted octanol–water partition coefficient (Wildman–Crippen LogP) is 4.55. The van der Waals surface area contributed by atoms with Crippen molar-refractivity contribution in [1.29, 1.82) is 0 Å². The minimum Gasteiger partial charge on any atom is -0.358 e. The molecule has 204 valence electrons. The summed E-state index contributed by atoms with van der Waals surface area (Å²) in [5, 5.41) is 2.52. The van der Waals surface area contributed by atoms with Gasteiger partial charge in [0.1, 0.15) is 11.7 Å². The zero-order valence-corrected chi connectivity index (χ0v) is 21.7. The standard InChI is InChI=1S/C29H25F3N6O2/c1-17-12-21(18-6-4-3-5-7-18)25(36(17)2)26(39)27(40)35-20-8-9-23-22(13-20)29(31,32)24-16-37(10-11-38(23)24)28-33-14-19(30)15-34-28/h3-9,12-15,24H,10-11,16H2,1-2H3,(H,35,40)/t24-/m1/s1. The van der Waals surface area contributed by atoms with Gasteiger partial charge in [-0.3, -0.25) is 9.59 Å². The number of halogens is 3. The molecule has 4 aromatic rings. The van der Waals surface area contributed by atoms with Crippen molar-refractivity contribution in [2.45, 2.75) is 18.9 Å². The molecule has 8 nitrogen and oxygen atoms in total. The highest BCUT2D eigenvalue weighted by Gasteiger charge is 2.55. The number of anilines is 3. The highest BCUT2D eigenvalue weighted by atomic mass is 19.3. The topological polar surface area (TPSA) is 83.4 Å². The fraction of sp³-hybridized carbons (Fsp3) is 0.241. The third-order valence-electron chi connectivity index (χ3n) is 7.59. The maximum atomic E-state index is 15.7. The summed E-state index contributed by atoms with van der Waals surface area (Å²) in [5.74, 6) is -5.36. The van der Waals surface area contributed by atoms with Crippen LogP contribution in [0.2, 0.25) is 0 Å². The Bertz CT molecular complexity index is 1620. The number of aromatic nitrogens is 3. The normalized spacial score (nSPS) is 17.4. The lowest BCUT2D eigenvalue weighted by molar-refractivity contribution is -0.112. The molecule has 40 heavy (non-hydrogen) atoms. The van der Waals surface area contributed by atoms with Gasteiger partial charge in [-0.15, -0.1) is 0 Å². The third-order valence-corrected chi connectivity index (χ3v) is 7.59. The van der Waals surface area contributed by atoms with Gasteiger partial charge in [0.25, 0.3) is 17.6 Å². The lowest BCUT2D eigenvalue weighted by Crippen LogP contribution is -2.56. The SMILES string of the molecule is Cc1cc(-c2ccccc2)c(C(=O)C(=O)Nc2ccc3c(c2)C(F)(F)[C@H]2CN(c4ncc(F)cn4)CCN32)n1C. The molecule has 1 atom stereocenters. The largest absolute Gasteiger partial charge is 0.358 e. The molecule has 4 heterocycles. The number of hydrogen-bond acceptors (Lipinski definition) is 6. The number of piperazine rings is 1. The van der Waals surface area contributed by atoms with Gasteiger partial charge >= 0.3 is 0 Å². The van der Waals surface area contributed by atoms with E-state index in [1.54, 1.807) is 21.4 Å². The number of carbonyl (C=O) groups excluding carboxylic acids is 2. The van der Waals surface area contributed by atoms with Crippen molar-refractivity contribution in [1.82, 2.24) is 14.5 Å². The first kappa shape index (κ1) is 25.6. The van der Waals surface area contributed by atoms with E-state index in [0.717, 1.165) is 23.7 Å². The Hall–Kier alpha value is -4.67. The van der Waals surface area contributed by atoms with Crippen LogP contribution >= 0.6 is 0 Å². The van der Waals surface area contributed by atoms with Gasteiger partial charge in [0.15, 0.2) is 5.82 Å². The fourth-order valence-corrected chi connectivity index (χ4v) is 5.48. The number of nitrogens with one attached hydrogen (secondary N) is 1. The lowest BCUT2D eigenvalue weighted by atomic mass is 10.0. The number of carbonyl (C=O) groups is 2. The number of fused-ring (bicyclic) bond motifs is 3. The highest BCUT2D eigenvalue weighted by molar-refractivity contribution is 6.47. The molecule has 1 amide bonds. The number of alkyl halides is 2. The highest BCUT2D eigenvalue weighted by Crippen LogP contribution is 2.50. The second-order valence-electron chi connectivity index (χ2n) is 9.97. The van der Waals surface area contributed by atoms with E-state index in [4.69, 9.17) is 0 Å². The molecule has 2 aromatic carbocycles. The quantitative estimate of drug-likeness (QED) is 0.292. The summed E-state index contributed by atoms with van der Waals surface area (Å²) >= 11 is 0. The number of Topliss-reactive ketones (excluding diaryl/α,β-unsaturated/α-hetero) is 1. The Morgan fingerprint density at radius 2 is 1.75 bits per heavy atom. The summed E-state index contributed by atoms with van der Waals surface area (Å²) in [6.07, 6.45) is 2.01. The molecule has 0 bridgehead atoms. The average molecular weight is 547 g/mol. The van der Waals surface area contributed by atoms with E-state index in [1.807, 2.05) is 43.3 Å². The monoisotopic (exact) mass is 546 g/mol. The van der Waals surface area contributed by atoms with Crippen LogP contribution in [0.25, 0.3) is 11.1 Å². The Kier molecular flexibility index (Phi) is 6.09. The van der Waals surface area contributed by atoms with E-state index in [1.165, 1.54) is 18.2 Å². The molecule has 6 rings (SSSR count). The number of aryl methyl sites for hydroxylation is 1. The number of nitrogens with zero attached hydrogens (tertiary/aromatic N) is 5. The van der Waals surface area contributed by atoms with Gasteiger partial charge in [-0.25, -0.2) is 14.4 Å². The first-order valence-electron chi connectivity index (χ1n) is 12.7. The van der Waals surface area contributed by atoms with Gasteiger partial charge in [-0.1, -0.05) is 30.3 Å². The molecule has 11 heteroatoms. The lowest BCUT2D eigenvalue weighted by Gasteiger charge is -2.40. The van der Waals surface area contributed by atoms with E-state index in [9.17, 15) is 14.0 Å². The van der Waals surface area contributed by atoms with Gasteiger partial charge < -0.3 is 19.7 Å². The van der Waals surface area contributed by atoms with Gasteiger partial charge in [0, 0.05) is 54.9 Å². The number of benzene rings is 2. The minimum absolute atomic E-state index is 0.0669. The number of hydrogen-bond donors (Lipinski definition) is 1. The molecule has 0 unspecified atom stereocenters. The fourth-order valence-electron chi connectivity index (χ4n) is 5.48. The van der Waals surface area contributed by atoms with Gasteiger partial charge in [0.05, 0.1) is 12.4 Å². The third kappa shape index (κ3) is 4.18. The second kappa shape index (κ2) is 9.51. The molecule has 1 N–H and O–H groups in total. The first-order valence-corrected chi connectivity index (χ1v) is 12.7. The van der Waals surface area contributed by atoms with Gasteiger partial charge in [-0.05, 0) is 36.8 Å². The molecule has 0 spiro atoms. The van der Waals surface area contributed by atoms with E-state index in [0.29, 0.717) is 17.8 Å². The van der Waals surface area contributed by atoms with Crippen LogP contribution in [0.1, 0.15) is 21.7 Å². The Morgan fingerprint density at radius 1 is 1.02 bits per heavy atom. The maximum Gasteiger partial charge on any atom is 0.298 e. The number of ketones is 1. The van der Waals surface area contributed by atoms with Crippen LogP contribution in [-0.4, -0.2) is 51.9 Å². The summed E-state index contributed by atoms with van der Waals surface area (Å²) < 4.78 is 46.3. The van der Waals surface area contributed by atoms with Gasteiger partial charge in [-0.2, -0.15) is 8.78 Å². The molecule has 2 aliphatic heterocycles. The molecule has 2 aromatic heterocycles. The van der Waals surface area contributed by atoms with Crippen molar-refractivity contribution in [3.05, 3.63) is 89.8 Å². The molecular weight excluding hydrogens is 521 g/mol. The van der Waals surface area contributed by atoms with Crippen LogP contribution in [0.4, 0.5) is 30.5 Å². The molecule has 1 fully saturated rings. The summed E-state index contributed by atoms with van der Waals surface area (Å²) in [7, 11) is 1.70. The van der Waals surface area contributed by atoms with Gasteiger partial charge in [0.2, 0.25) is 5.95 Å². The van der Waals surface area contributed by atoms with E-state index >= 15 is 8.78 Å². The second-order valence-corrected chi connectivity index (χ2v) is 9.97. The van der Waals surface area contributed by atoms with Crippen LogP contribution in [0, 0.1) is 12.7 Å². The summed E-state index contributed by atoms with van der Waals surface area (Å²) in [5.41, 5.74) is 2.65. The molecule has 0 aliphatic carbocycles. The first-order chi connectivity index (χ1) is 19.1. The number of amides is 1. The Balaban J connectivity index is 1.24. The van der Waals surface area contributed by atoms with Crippen molar-refractivity contribution in [3.63, 3.8) is 0 Å². The van der Waals surface area contributed by atoms with Crippen LogP contribution in [-0.2, 0) is 17.8 Å². The summed E-state index contributed by atoms with van der Waals surface area (Å²) in [6.45, 7) is 2.43. The molecule has 0 saturated carbocycles. The number of rotatable bonds is 5. The molecular formula is C29H25F3N6O2. The molecule has 0 radical (unpaired) electrons. The van der Waals surface area contributed by atoms with Crippen molar-refractivity contribution in [2.24, 2.45) is 7.05 Å².